The number of ketones is 1. The van der Waals surface area contributed by atoms with Crippen LogP contribution in [0.4, 0.5) is 5.69 Å². The third kappa shape index (κ3) is 3.43. The first-order valence-corrected chi connectivity index (χ1v) is 7.61. The van der Waals surface area contributed by atoms with E-state index in [1.54, 1.807) is 6.07 Å². The predicted octanol–water partition coefficient (Wildman–Crippen LogP) is 2.22. The van der Waals surface area contributed by atoms with Gasteiger partial charge in [0.25, 0.3) is 0 Å². The zero-order valence-electron chi connectivity index (χ0n) is 11.9. The highest BCUT2D eigenvalue weighted by Gasteiger charge is 2.14. The molecule has 0 radical (unpaired) electrons. The molecule has 0 aliphatic heterocycles. The van der Waals surface area contributed by atoms with E-state index in [9.17, 15) is 9.90 Å². The molecule has 0 fully saturated rings. The van der Waals surface area contributed by atoms with Crippen molar-refractivity contribution in [2.75, 3.05) is 5.73 Å². The minimum absolute atomic E-state index is 0.0909. The number of hydrogen-bond acceptors (Lipinski definition) is 7. The van der Waals surface area contributed by atoms with E-state index in [1.807, 2.05) is 29.6 Å². The highest BCUT2D eigenvalue weighted by Crippen LogP contribution is 2.26. The zero-order chi connectivity index (χ0) is 16.2. The van der Waals surface area contributed by atoms with Crippen LogP contribution < -0.4 is 5.73 Å². The second kappa shape index (κ2) is 6.41. The van der Waals surface area contributed by atoms with Crippen molar-refractivity contribution < 1.29 is 9.90 Å². The summed E-state index contributed by atoms with van der Waals surface area (Å²) in [6.45, 7) is 0. The van der Waals surface area contributed by atoms with Gasteiger partial charge in [-0.25, -0.2) is 0 Å². The molecule has 3 rings (SSSR count). The molecular formula is C15H13N5O2S. The minimum Gasteiger partial charge on any atom is -0.507 e. The van der Waals surface area contributed by atoms with Gasteiger partial charge in [-0.3, -0.25) is 4.79 Å². The van der Waals surface area contributed by atoms with Gasteiger partial charge in [-0.1, -0.05) is 12.1 Å². The van der Waals surface area contributed by atoms with Crippen LogP contribution in [0, 0.1) is 0 Å². The zero-order valence-corrected chi connectivity index (χ0v) is 12.7. The molecule has 0 bridgehead atoms. The van der Waals surface area contributed by atoms with Crippen LogP contribution in [0.1, 0.15) is 26.6 Å². The fraction of sp³-hybridized carbons (Fsp3) is 0.0667. The van der Waals surface area contributed by atoms with Crippen molar-refractivity contribution in [3.05, 3.63) is 63.6 Å². The van der Waals surface area contributed by atoms with Crippen LogP contribution in [0.25, 0.3) is 5.76 Å². The maximum atomic E-state index is 11.9. The van der Waals surface area contributed by atoms with E-state index in [-0.39, 0.29) is 11.6 Å². The smallest absolute Gasteiger partial charge is 0.244 e. The number of nitrogens with zero attached hydrogens (tertiary/aromatic N) is 3. The molecule has 4 N–H and O–H groups in total. The molecule has 1 aromatic carbocycles. The number of aliphatic hydroxyl groups is 1. The number of thiophene rings is 1. The van der Waals surface area contributed by atoms with Crippen molar-refractivity contribution in [1.82, 2.24) is 20.6 Å². The lowest BCUT2D eigenvalue weighted by Crippen LogP contribution is -2.00. The lowest BCUT2D eigenvalue weighted by molar-refractivity contribution is 0.103. The van der Waals surface area contributed by atoms with Gasteiger partial charge in [0.15, 0.2) is 0 Å². The summed E-state index contributed by atoms with van der Waals surface area (Å²) >= 11 is 1.51. The fourth-order valence-electron chi connectivity index (χ4n) is 2.06. The van der Waals surface area contributed by atoms with Crippen molar-refractivity contribution >= 4 is 28.6 Å². The van der Waals surface area contributed by atoms with Crippen molar-refractivity contribution in [3.8, 4) is 0 Å². The Hall–Kier alpha value is -3.00. The molecule has 0 saturated carbocycles. The molecule has 8 heteroatoms. The number of tetrazole rings is 1. The Labute approximate surface area is 135 Å². The van der Waals surface area contributed by atoms with E-state index >= 15 is 0 Å². The van der Waals surface area contributed by atoms with Crippen LogP contribution in [-0.2, 0) is 6.42 Å². The first-order chi connectivity index (χ1) is 11.1. The Balaban J connectivity index is 1.82. The Morgan fingerprint density at radius 1 is 1.30 bits per heavy atom. The van der Waals surface area contributed by atoms with Crippen LogP contribution in [-0.4, -0.2) is 31.5 Å². The van der Waals surface area contributed by atoms with E-state index in [0.29, 0.717) is 17.7 Å². The Morgan fingerprint density at radius 3 is 2.78 bits per heavy atom. The first-order valence-electron chi connectivity index (χ1n) is 6.73. The van der Waals surface area contributed by atoms with E-state index in [4.69, 9.17) is 5.73 Å². The number of nitrogen functional groups attached to an aromatic ring is 1. The van der Waals surface area contributed by atoms with Crippen molar-refractivity contribution in [2.45, 2.75) is 6.42 Å². The Kier molecular flexibility index (Phi) is 4.15. The standard InChI is InChI=1S/C15H13N5O2S/c16-10-3-1-9(2-4-10)7-14-11(5-6-23-14)12(21)8-13(22)15-17-19-20-18-15/h1-6,8,21H,7,16H2,(H,17,18,19,20). The maximum absolute atomic E-state index is 11.9. The van der Waals surface area contributed by atoms with Gasteiger partial charge in [-0.15, -0.1) is 21.5 Å². The van der Waals surface area contributed by atoms with Gasteiger partial charge >= 0.3 is 0 Å². The van der Waals surface area contributed by atoms with Crippen molar-refractivity contribution in [1.29, 1.82) is 0 Å². The third-order valence-corrected chi connectivity index (χ3v) is 4.12. The van der Waals surface area contributed by atoms with Crippen LogP contribution in [0.5, 0.6) is 0 Å². The molecule has 2 heterocycles. The number of H-pyrrole nitrogens is 1. The predicted molar refractivity (Wildman–Crippen MR) is 87.1 cm³/mol. The molecule has 0 atom stereocenters. The number of carbonyl (C=O) groups excluding carboxylic acids is 1. The molecule has 3 aromatic rings. The summed E-state index contributed by atoms with van der Waals surface area (Å²) in [5.74, 6) is -0.723. The van der Waals surface area contributed by atoms with Gasteiger partial charge in [0.05, 0.1) is 0 Å². The first kappa shape index (κ1) is 14.9. The number of benzene rings is 1. The molecule has 2 aromatic heterocycles. The van der Waals surface area contributed by atoms with E-state index in [1.165, 1.54) is 11.3 Å². The number of aromatic nitrogens is 4. The monoisotopic (exact) mass is 327 g/mol. The largest absolute Gasteiger partial charge is 0.507 e. The number of hydrogen-bond donors (Lipinski definition) is 3. The summed E-state index contributed by atoms with van der Waals surface area (Å²) in [6, 6.07) is 9.30. The normalized spacial score (nSPS) is 11.6. The van der Waals surface area contributed by atoms with Crippen LogP contribution in [0.15, 0.2) is 41.8 Å². The fourth-order valence-corrected chi connectivity index (χ4v) is 2.98. The average Bonchev–Trinajstić information content (AvgIpc) is 3.20. The quantitative estimate of drug-likeness (QED) is 0.286. The molecule has 23 heavy (non-hydrogen) atoms. The average molecular weight is 327 g/mol. The number of carbonyl (C=O) groups is 1. The summed E-state index contributed by atoms with van der Waals surface area (Å²) < 4.78 is 0. The number of aromatic amines is 1. The molecule has 116 valence electrons. The van der Waals surface area contributed by atoms with Gasteiger partial charge in [0, 0.05) is 28.6 Å². The van der Waals surface area contributed by atoms with Crippen LogP contribution in [0.3, 0.4) is 0 Å². The van der Waals surface area contributed by atoms with Crippen molar-refractivity contribution in [3.63, 3.8) is 0 Å². The second-order valence-electron chi connectivity index (χ2n) is 4.81. The minimum atomic E-state index is -0.513. The van der Waals surface area contributed by atoms with Crippen molar-refractivity contribution in [2.24, 2.45) is 0 Å². The second-order valence-corrected chi connectivity index (χ2v) is 5.81. The summed E-state index contributed by atoms with van der Waals surface area (Å²) in [6.07, 6.45) is 1.74. The lowest BCUT2D eigenvalue weighted by atomic mass is 10.1. The lowest BCUT2D eigenvalue weighted by Gasteiger charge is -2.04. The number of nitrogens with two attached hydrogens (primary N) is 1. The van der Waals surface area contributed by atoms with Crippen LogP contribution >= 0.6 is 11.3 Å². The van der Waals surface area contributed by atoms with Gasteiger partial charge in [0.1, 0.15) is 5.76 Å². The number of allylic oxidation sites excluding steroid dienone is 1. The highest BCUT2D eigenvalue weighted by atomic mass is 32.1. The van der Waals surface area contributed by atoms with E-state index in [0.717, 1.165) is 16.5 Å². The SMILES string of the molecule is Nc1ccc(Cc2sccc2C(O)=CC(=O)c2nn[nH]n2)cc1. The Morgan fingerprint density at radius 2 is 2.09 bits per heavy atom. The molecule has 7 nitrogen and oxygen atoms in total. The number of rotatable bonds is 5. The van der Waals surface area contributed by atoms with E-state index < -0.39 is 5.78 Å². The third-order valence-electron chi connectivity index (χ3n) is 3.20. The summed E-state index contributed by atoms with van der Waals surface area (Å²) in [5.41, 5.74) is 8.06. The van der Waals surface area contributed by atoms with Crippen LogP contribution in [0.2, 0.25) is 0 Å². The van der Waals surface area contributed by atoms with Gasteiger partial charge < -0.3 is 10.8 Å². The molecule has 0 spiro atoms. The Bertz CT molecular complexity index is 837. The number of aliphatic hydroxyl groups excluding tert-OH is 1. The number of anilines is 1. The van der Waals surface area contributed by atoms with Gasteiger partial charge in [0.2, 0.25) is 11.6 Å². The molecule has 0 aliphatic carbocycles. The maximum Gasteiger partial charge on any atom is 0.244 e. The highest BCUT2D eigenvalue weighted by molar-refractivity contribution is 7.10. The molecule has 0 aliphatic rings. The summed E-state index contributed by atoms with van der Waals surface area (Å²) in [5, 5.41) is 24.8. The summed E-state index contributed by atoms with van der Waals surface area (Å²) in [7, 11) is 0. The topological polar surface area (TPSA) is 118 Å². The molecule has 0 saturated heterocycles. The molecule has 0 unspecified atom stereocenters. The van der Waals surface area contributed by atoms with Gasteiger partial charge in [-0.05, 0) is 34.4 Å². The number of nitrogens with one attached hydrogen (secondary N) is 1. The summed E-state index contributed by atoms with van der Waals surface area (Å²) in [4.78, 5) is 12.8. The molecule has 0 amide bonds. The molecular weight excluding hydrogens is 314 g/mol. The van der Waals surface area contributed by atoms with E-state index in [2.05, 4.69) is 20.6 Å². The van der Waals surface area contributed by atoms with Gasteiger partial charge in [-0.2, -0.15) is 5.21 Å².